The summed E-state index contributed by atoms with van der Waals surface area (Å²) in [5, 5.41) is 11.4. The lowest BCUT2D eigenvalue weighted by Crippen LogP contribution is -2.40. The first-order valence-corrected chi connectivity index (χ1v) is 13.2. The summed E-state index contributed by atoms with van der Waals surface area (Å²) in [5.74, 6) is 0.591. The summed E-state index contributed by atoms with van der Waals surface area (Å²) in [7, 11) is 5.18. The number of anilines is 1. The van der Waals surface area contributed by atoms with Gasteiger partial charge in [-0.05, 0) is 51.1 Å². The van der Waals surface area contributed by atoms with E-state index in [-0.39, 0.29) is 5.91 Å². The SMILES string of the molecule is CC.CCN(C)c1ncc(C(=O)NCC2CCCN2CC)cc1N=CN.COC.N#Cc1cccc(C=O)c1. The van der Waals surface area contributed by atoms with E-state index in [2.05, 4.69) is 31.9 Å². The number of nitriles is 1. The van der Waals surface area contributed by atoms with Crippen molar-refractivity contribution in [3.05, 3.63) is 53.2 Å². The summed E-state index contributed by atoms with van der Waals surface area (Å²) in [5.41, 5.74) is 7.59. The molecule has 3 N–H and O–H groups in total. The number of nitrogens with zero attached hydrogens (tertiary/aromatic N) is 5. The van der Waals surface area contributed by atoms with Crippen LogP contribution in [0.5, 0.6) is 0 Å². The standard InChI is InChI=1S/C17H28N6O.C8H5NO.C2H6O.C2H6/c1-4-22(3)16-15(21-12-18)9-13(10-19-16)17(24)20-11-14-7-6-8-23(14)5-2;9-5-7-2-1-3-8(4-7)6-10;1-3-2;1-2/h9-10,12,14H,4-8,11H2,1-3H3,(H2,18,21)(H,20,24);1-4,6H;1-2H3;1-2H3. The zero-order chi connectivity index (χ0) is 29.6. The topological polar surface area (TPSA) is 137 Å². The largest absolute Gasteiger partial charge is 0.390 e. The van der Waals surface area contributed by atoms with Crippen LogP contribution in [0.4, 0.5) is 11.5 Å². The van der Waals surface area contributed by atoms with Gasteiger partial charge in [0.25, 0.3) is 5.91 Å². The van der Waals surface area contributed by atoms with Crippen molar-refractivity contribution in [1.82, 2.24) is 15.2 Å². The van der Waals surface area contributed by atoms with Gasteiger partial charge in [-0.2, -0.15) is 5.26 Å². The lowest BCUT2D eigenvalue weighted by molar-refractivity contribution is 0.0940. The lowest BCUT2D eigenvalue weighted by atomic mass is 10.2. The van der Waals surface area contributed by atoms with Gasteiger partial charge in [-0.25, -0.2) is 9.98 Å². The van der Waals surface area contributed by atoms with Gasteiger partial charge in [0.2, 0.25) is 0 Å². The fourth-order valence-electron chi connectivity index (χ4n) is 3.73. The number of rotatable bonds is 8. The minimum Gasteiger partial charge on any atom is -0.390 e. The first-order valence-electron chi connectivity index (χ1n) is 13.2. The average Bonchev–Trinajstić information content (AvgIpc) is 3.45. The molecule has 10 nitrogen and oxygen atoms in total. The van der Waals surface area contributed by atoms with E-state index >= 15 is 0 Å². The number of likely N-dealkylation sites (N-methyl/N-ethyl adjacent to an activating group) is 1. The highest BCUT2D eigenvalue weighted by molar-refractivity contribution is 5.95. The molecule has 0 radical (unpaired) electrons. The van der Waals surface area contributed by atoms with Crippen molar-refractivity contribution < 1.29 is 14.3 Å². The van der Waals surface area contributed by atoms with Crippen LogP contribution in [-0.2, 0) is 4.74 Å². The quantitative estimate of drug-likeness (QED) is 0.291. The second-order valence-corrected chi connectivity index (χ2v) is 8.26. The molecule has 1 saturated heterocycles. The molecule has 0 aliphatic carbocycles. The Labute approximate surface area is 233 Å². The number of carbonyl (C=O) groups is 2. The second kappa shape index (κ2) is 21.2. The number of nitrogens with two attached hydrogens (primary N) is 1. The van der Waals surface area contributed by atoms with Crippen LogP contribution < -0.4 is 16.0 Å². The number of methoxy groups -OCH3 is 1. The Hall–Kier alpha value is -3.81. The average molecular weight is 540 g/mol. The van der Waals surface area contributed by atoms with Crippen LogP contribution in [0.3, 0.4) is 0 Å². The molecule has 3 rings (SSSR count). The van der Waals surface area contributed by atoms with Crippen molar-refractivity contribution in [2.75, 3.05) is 52.3 Å². The molecule has 1 atom stereocenters. The van der Waals surface area contributed by atoms with E-state index in [4.69, 9.17) is 11.0 Å². The van der Waals surface area contributed by atoms with Crippen LogP contribution in [0.25, 0.3) is 0 Å². The first-order chi connectivity index (χ1) is 18.9. The number of likely N-dealkylation sites (tertiary alicyclic amines) is 1. The van der Waals surface area contributed by atoms with Gasteiger partial charge >= 0.3 is 0 Å². The fourth-order valence-corrected chi connectivity index (χ4v) is 3.73. The normalized spacial score (nSPS) is 13.9. The Morgan fingerprint density at radius 1 is 1.33 bits per heavy atom. The molecule has 0 saturated carbocycles. The third kappa shape index (κ3) is 12.5. The van der Waals surface area contributed by atoms with E-state index in [0.717, 1.165) is 32.3 Å². The van der Waals surface area contributed by atoms with Gasteiger partial charge < -0.3 is 20.7 Å². The summed E-state index contributed by atoms with van der Waals surface area (Å²) in [6, 6.07) is 10.7. The van der Waals surface area contributed by atoms with E-state index in [1.807, 2.05) is 38.8 Å². The van der Waals surface area contributed by atoms with Gasteiger partial charge in [-0.1, -0.05) is 32.9 Å². The van der Waals surface area contributed by atoms with Crippen LogP contribution in [0.1, 0.15) is 66.8 Å². The van der Waals surface area contributed by atoms with Gasteiger partial charge in [0.15, 0.2) is 5.82 Å². The van der Waals surface area contributed by atoms with Crippen LogP contribution in [0, 0.1) is 11.3 Å². The Morgan fingerprint density at radius 3 is 2.59 bits per heavy atom. The number of amides is 1. The Bertz CT molecular complexity index is 1050. The van der Waals surface area contributed by atoms with Crippen molar-refractivity contribution in [1.29, 1.82) is 5.26 Å². The number of hydrogen-bond acceptors (Lipinski definition) is 8. The number of ether oxygens (including phenoxy) is 1. The van der Waals surface area contributed by atoms with E-state index in [1.165, 1.54) is 12.8 Å². The maximum atomic E-state index is 12.4. The monoisotopic (exact) mass is 539 g/mol. The van der Waals surface area contributed by atoms with E-state index in [9.17, 15) is 9.59 Å². The molecule has 1 unspecified atom stereocenters. The number of aromatic nitrogens is 1. The van der Waals surface area contributed by atoms with Gasteiger partial charge in [0.05, 0.1) is 23.5 Å². The zero-order valence-corrected chi connectivity index (χ0v) is 24.5. The maximum Gasteiger partial charge on any atom is 0.252 e. The molecule has 1 aliphatic rings. The highest BCUT2D eigenvalue weighted by Gasteiger charge is 2.23. The first kappa shape index (κ1) is 35.2. The van der Waals surface area contributed by atoms with E-state index in [1.54, 1.807) is 50.7 Å². The number of nitrogens with one attached hydrogen (secondary N) is 1. The molecule has 0 spiro atoms. The third-order valence-corrected chi connectivity index (χ3v) is 5.71. The molecule has 0 bridgehead atoms. The van der Waals surface area contributed by atoms with Crippen molar-refractivity contribution in [2.45, 2.75) is 46.6 Å². The number of aldehydes is 1. The zero-order valence-electron chi connectivity index (χ0n) is 24.5. The molecule has 1 aromatic carbocycles. The number of benzene rings is 1. The molecule has 10 heteroatoms. The predicted octanol–water partition coefficient (Wildman–Crippen LogP) is 4.03. The molecule has 2 aromatic rings. The number of hydrogen-bond donors (Lipinski definition) is 2. The highest BCUT2D eigenvalue weighted by Crippen LogP contribution is 2.26. The van der Waals surface area contributed by atoms with E-state index in [0.29, 0.717) is 40.8 Å². The molecule has 2 heterocycles. The summed E-state index contributed by atoms with van der Waals surface area (Å²) in [4.78, 5) is 35.5. The van der Waals surface area contributed by atoms with Crippen LogP contribution >= 0.6 is 0 Å². The molecule has 214 valence electrons. The summed E-state index contributed by atoms with van der Waals surface area (Å²) in [6.07, 6.45) is 5.88. The number of pyridine rings is 1. The summed E-state index contributed by atoms with van der Waals surface area (Å²) >= 11 is 0. The predicted molar refractivity (Wildman–Crippen MR) is 159 cm³/mol. The third-order valence-electron chi connectivity index (χ3n) is 5.71. The minimum atomic E-state index is -0.121. The molecule has 1 aliphatic heterocycles. The molecule has 1 amide bonds. The van der Waals surface area contributed by atoms with E-state index < -0.39 is 0 Å². The van der Waals surface area contributed by atoms with Crippen LogP contribution in [0.2, 0.25) is 0 Å². The Balaban J connectivity index is 0.000000796. The van der Waals surface area contributed by atoms with Gasteiger partial charge in [0, 0.05) is 52.2 Å². The maximum absolute atomic E-state index is 12.4. The second-order valence-electron chi connectivity index (χ2n) is 8.26. The Morgan fingerprint density at radius 2 is 2.03 bits per heavy atom. The summed E-state index contributed by atoms with van der Waals surface area (Å²) < 4.78 is 4.25. The Kier molecular flexibility index (Phi) is 19.1. The molecular weight excluding hydrogens is 494 g/mol. The van der Waals surface area contributed by atoms with Crippen molar-refractivity contribution >= 4 is 30.0 Å². The van der Waals surface area contributed by atoms with Gasteiger partial charge in [-0.15, -0.1) is 0 Å². The fraction of sp³-hybridized carbons (Fsp3) is 0.483. The van der Waals surface area contributed by atoms with Gasteiger partial charge in [-0.3, -0.25) is 14.5 Å². The van der Waals surface area contributed by atoms with Gasteiger partial charge in [0.1, 0.15) is 12.0 Å². The smallest absolute Gasteiger partial charge is 0.252 e. The molecule has 1 fully saturated rings. The number of carbonyl (C=O) groups excluding carboxylic acids is 2. The molecule has 1 aromatic heterocycles. The molecular formula is C29H45N7O3. The number of aliphatic imine (C=N–C) groups is 1. The van der Waals surface area contributed by atoms with Crippen LogP contribution in [0.15, 0.2) is 41.5 Å². The van der Waals surface area contributed by atoms with Crippen molar-refractivity contribution in [2.24, 2.45) is 10.7 Å². The van der Waals surface area contributed by atoms with Crippen molar-refractivity contribution in [3.8, 4) is 6.07 Å². The summed E-state index contributed by atoms with van der Waals surface area (Å²) in [6.45, 7) is 11.8. The lowest BCUT2D eigenvalue weighted by Gasteiger charge is -2.23. The minimum absolute atomic E-state index is 0.121. The van der Waals surface area contributed by atoms with Crippen molar-refractivity contribution in [3.63, 3.8) is 0 Å². The van der Waals surface area contributed by atoms with Crippen LogP contribution in [-0.4, -0.2) is 81.9 Å². The highest BCUT2D eigenvalue weighted by atomic mass is 16.4. The molecule has 39 heavy (non-hydrogen) atoms.